The summed E-state index contributed by atoms with van der Waals surface area (Å²) in [6.07, 6.45) is 1.01. The summed E-state index contributed by atoms with van der Waals surface area (Å²) in [5.74, 6) is 2.88. The third-order valence-corrected chi connectivity index (χ3v) is 5.12. The zero-order chi connectivity index (χ0) is 19.8. The number of methoxy groups -OCH3 is 3. The van der Waals surface area contributed by atoms with Gasteiger partial charge in [-0.3, -0.25) is 4.79 Å². The van der Waals surface area contributed by atoms with Crippen molar-refractivity contribution in [2.45, 2.75) is 20.3 Å². The van der Waals surface area contributed by atoms with Gasteiger partial charge in [0.1, 0.15) is 28.6 Å². The van der Waals surface area contributed by atoms with E-state index in [1.165, 1.54) is 14.2 Å². The molecular formula is C21H27LiO5P+. The molecule has 0 radical (unpaired) electrons. The quantitative estimate of drug-likeness (QED) is 0.447. The van der Waals surface area contributed by atoms with E-state index in [0.29, 0.717) is 35.3 Å². The summed E-state index contributed by atoms with van der Waals surface area (Å²) in [5, 5.41) is 0.927. The van der Waals surface area contributed by atoms with E-state index in [0.717, 1.165) is 17.5 Å². The van der Waals surface area contributed by atoms with Crippen LogP contribution in [0.15, 0.2) is 36.4 Å². The predicted molar refractivity (Wildman–Crippen MR) is 110 cm³/mol. The molecule has 0 N–H and O–H groups in total. The Hall–Kier alpha value is -1.66. The largest absolute Gasteiger partial charge is 1.00 e. The molecule has 2 rings (SSSR count). The zero-order valence-electron chi connectivity index (χ0n) is 17.5. The van der Waals surface area contributed by atoms with Crippen LogP contribution in [0.2, 0.25) is 0 Å². The molecule has 28 heavy (non-hydrogen) atoms. The van der Waals surface area contributed by atoms with Crippen molar-refractivity contribution in [1.29, 1.82) is 0 Å². The third-order valence-electron chi connectivity index (χ3n) is 4.02. The molecule has 2 aromatic rings. The maximum Gasteiger partial charge on any atom is 1.00 e. The molecule has 0 amide bonds. The molecule has 0 aliphatic heterocycles. The molecule has 0 aliphatic rings. The Morgan fingerprint density at radius 2 is 1.50 bits per heavy atom. The molecular weight excluding hydrogens is 370 g/mol. The standard InChI is InChI=1S/C21H27O5P.Li/c1-14(2)10-11-26-15-6-8-17(9-7-15)27-21(22)20-18(24-4)12-16(23-3)13-19(20)25-5;/h6-9,12-14,27H,10-11H2,1-5H3;/q;+1. The summed E-state index contributed by atoms with van der Waals surface area (Å²) >= 11 is 0. The van der Waals surface area contributed by atoms with Crippen molar-refractivity contribution in [3.63, 3.8) is 0 Å². The van der Waals surface area contributed by atoms with Gasteiger partial charge in [-0.25, -0.2) is 0 Å². The first-order chi connectivity index (χ1) is 13.0. The minimum atomic E-state index is -0.0557. The van der Waals surface area contributed by atoms with E-state index in [1.54, 1.807) is 19.2 Å². The van der Waals surface area contributed by atoms with Crippen molar-refractivity contribution in [3.8, 4) is 23.0 Å². The second-order valence-corrected chi connectivity index (χ2v) is 7.70. The van der Waals surface area contributed by atoms with Crippen LogP contribution in [0, 0.1) is 5.92 Å². The Kier molecular flexibility index (Phi) is 10.5. The molecule has 0 saturated carbocycles. The van der Waals surface area contributed by atoms with Gasteiger partial charge in [0.2, 0.25) is 0 Å². The molecule has 0 aromatic heterocycles. The summed E-state index contributed by atoms with van der Waals surface area (Å²) in [5.41, 5.74) is 0.372. The van der Waals surface area contributed by atoms with E-state index >= 15 is 0 Å². The number of benzene rings is 2. The Balaban J connectivity index is 0.00000392. The number of hydrogen-bond acceptors (Lipinski definition) is 5. The summed E-state index contributed by atoms with van der Waals surface area (Å²) in [7, 11) is 4.56. The van der Waals surface area contributed by atoms with Crippen LogP contribution in [0.1, 0.15) is 30.6 Å². The van der Waals surface area contributed by atoms with Crippen LogP contribution < -0.4 is 43.1 Å². The van der Waals surface area contributed by atoms with Crippen LogP contribution >= 0.6 is 8.58 Å². The van der Waals surface area contributed by atoms with Gasteiger partial charge >= 0.3 is 18.9 Å². The number of carbonyl (C=O) groups excluding carboxylic acids is 1. The van der Waals surface area contributed by atoms with Gasteiger partial charge in [0.05, 0.1) is 27.9 Å². The van der Waals surface area contributed by atoms with Gasteiger partial charge in [-0.15, -0.1) is 0 Å². The molecule has 146 valence electrons. The molecule has 1 unspecified atom stereocenters. The van der Waals surface area contributed by atoms with Crippen LogP contribution in [0.5, 0.6) is 23.0 Å². The van der Waals surface area contributed by atoms with E-state index in [4.69, 9.17) is 18.9 Å². The first-order valence-corrected chi connectivity index (χ1v) is 9.82. The molecule has 2 aromatic carbocycles. The molecule has 0 fully saturated rings. The molecule has 0 aliphatic carbocycles. The fourth-order valence-electron chi connectivity index (χ4n) is 2.47. The molecule has 7 heteroatoms. The number of hydrogen-bond donors (Lipinski definition) is 0. The molecule has 0 heterocycles. The summed E-state index contributed by atoms with van der Waals surface area (Å²) in [6, 6.07) is 11.0. The minimum absolute atomic E-state index is 0. The zero-order valence-corrected chi connectivity index (χ0v) is 18.5. The Morgan fingerprint density at radius 3 is 1.96 bits per heavy atom. The van der Waals surface area contributed by atoms with Crippen molar-refractivity contribution >= 4 is 19.4 Å². The molecule has 0 bridgehead atoms. The van der Waals surface area contributed by atoms with Gasteiger partial charge in [0.15, 0.2) is 5.52 Å². The van der Waals surface area contributed by atoms with Gasteiger partial charge in [-0.05, 0) is 38.4 Å². The van der Waals surface area contributed by atoms with Gasteiger partial charge in [0, 0.05) is 12.1 Å². The fourth-order valence-corrected chi connectivity index (χ4v) is 3.44. The van der Waals surface area contributed by atoms with E-state index in [2.05, 4.69) is 13.8 Å². The Morgan fingerprint density at radius 1 is 0.929 bits per heavy atom. The van der Waals surface area contributed by atoms with Crippen LogP contribution in [-0.4, -0.2) is 33.5 Å². The monoisotopic (exact) mass is 397 g/mol. The average Bonchev–Trinajstić information content (AvgIpc) is 2.67. The predicted octanol–water partition coefficient (Wildman–Crippen LogP) is 1.29. The van der Waals surface area contributed by atoms with Gasteiger partial charge in [-0.1, -0.05) is 26.0 Å². The van der Waals surface area contributed by atoms with Crippen LogP contribution in [-0.2, 0) is 0 Å². The maximum absolute atomic E-state index is 12.9. The van der Waals surface area contributed by atoms with Gasteiger partial charge in [0.25, 0.3) is 0 Å². The fraction of sp³-hybridized carbons (Fsp3) is 0.381. The minimum Gasteiger partial charge on any atom is -0.496 e. The van der Waals surface area contributed by atoms with Crippen LogP contribution in [0.3, 0.4) is 0 Å². The summed E-state index contributed by atoms with van der Waals surface area (Å²) < 4.78 is 21.7. The van der Waals surface area contributed by atoms with E-state index in [-0.39, 0.29) is 33.0 Å². The Bertz CT molecular complexity index is 737. The second-order valence-electron chi connectivity index (χ2n) is 6.42. The summed E-state index contributed by atoms with van der Waals surface area (Å²) in [4.78, 5) is 12.9. The van der Waals surface area contributed by atoms with Gasteiger partial charge in [-0.2, -0.15) is 0 Å². The van der Waals surface area contributed by atoms with E-state index < -0.39 is 0 Å². The summed E-state index contributed by atoms with van der Waals surface area (Å²) in [6.45, 7) is 5.03. The molecule has 5 nitrogen and oxygen atoms in total. The molecule has 0 spiro atoms. The third kappa shape index (κ3) is 6.74. The first-order valence-electron chi connectivity index (χ1n) is 8.82. The maximum atomic E-state index is 12.9. The Labute approximate surface area is 181 Å². The van der Waals surface area contributed by atoms with Crippen LogP contribution in [0.4, 0.5) is 0 Å². The topological polar surface area (TPSA) is 54.0 Å². The normalized spacial score (nSPS) is 10.6. The van der Waals surface area contributed by atoms with E-state index in [1.807, 2.05) is 24.3 Å². The van der Waals surface area contributed by atoms with E-state index in [9.17, 15) is 4.79 Å². The van der Waals surface area contributed by atoms with Crippen molar-refractivity contribution in [2.75, 3.05) is 27.9 Å². The SMILES string of the molecule is COc1cc(OC)c(C(=O)Pc2ccc(OCCC(C)C)cc2)c(OC)c1.[Li+]. The number of rotatable bonds is 10. The molecule has 1 atom stereocenters. The van der Waals surface area contributed by atoms with Crippen molar-refractivity contribution in [2.24, 2.45) is 5.92 Å². The number of carbonyl (C=O) groups is 1. The first kappa shape index (κ1) is 24.4. The van der Waals surface area contributed by atoms with Crippen molar-refractivity contribution in [1.82, 2.24) is 0 Å². The number of ether oxygens (including phenoxy) is 4. The van der Waals surface area contributed by atoms with Crippen molar-refractivity contribution in [3.05, 3.63) is 42.0 Å². The van der Waals surface area contributed by atoms with Crippen LogP contribution in [0.25, 0.3) is 0 Å². The smallest absolute Gasteiger partial charge is 0.496 e. The molecule has 0 saturated heterocycles. The second kappa shape index (κ2) is 12.0. The average molecular weight is 397 g/mol. The van der Waals surface area contributed by atoms with Gasteiger partial charge < -0.3 is 18.9 Å². The van der Waals surface area contributed by atoms with Crippen molar-refractivity contribution < 1.29 is 42.6 Å².